The summed E-state index contributed by atoms with van der Waals surface area (Å²) in [6.07, 6.45) is 10.0. The minimum absolute atomic E-state index is 0.0496. The molecule has 7 heteroatoms. The number of nitrogens with one attached hydrogen (secondary N) is 1. The molecule has 2 aromatic rings. The van der Waals surface area contributed by atoms with Crippen LogP contribution in [-0.2, 0) is 22.4 Å². The van der Waals surface area contributed by atoms with Crippen molar-refractivity contribution in [2.24, 2.45) is 0 Å². The molecule has 25 heavy (non-hydrogen) atoms. The van der Waals surface area contributed by atoms with Crippen LogP contribution in [0, 0.1) is 0 Å². The summed E-state index contributed by atoms with van der Waals surface area (Å²) >= 11 is 3.33. The number of amides is 1. The molecule has 1 N–H and O–H groups in total. The highest BCUT2D eigenvalue weighted by atomic mass is 32.2. The maximum Gasteiger partial charge on any atom is 0.230 e. The summed E-state index contributed by atoms with van der Waals surface area (Å²) in [5, 5.41) is 5.13. The van der Waals surface area contributed by atoms with Gasteiger partial charge in [-0.15, -0.1) is 11.3 Å². The Hall–Kier alpha value is -1.18. The minimum atomic E-state index is 0.0496. The summed E-state index contributed by atoms with van der Waals surface area (Å²) in [4.78, 5) is 23.7. The van der Waals surface area contributed by atoms with Gasteiger partial charge in [-0.3, -0.25) is 4.79 Å². The van der Waals surface area contributed by atoms with E-state index in [-0.39, 0.29) is 12.0 Å². The molecular weight excluding hydrogens is 354 g/mol. The molecule has 1 saturated heterocycles. The number of thioether (sulfide) groups is 1. The van der Waals surface area contributed by atoms with Gasteiger partial charge in [-0.1, -0.05) is 18.2 Å². The van der Waals surface area contributed by atoms with Gasteiger partial charge in [0.25, 0.3) is 0 Å². The fourth-order valence-electron chi connectivity index (χ4n) is 3.57. The summed E-state index contributed by atoms with van der Waals surface area (Å²) in [5.41, 5.74) is 1.43. The van der Waals surface area contributed by atoms with Crippen molar-refractivity contribution in [3.8, 4) is 0 Å². The van der Waals surface area contributed by atoms with Crippen LogP contribution >= 0.6 is 23.1 Å². The lowest BCUT2D eigenvalue weighted by Gasteiger charge is -2.10. The monoisotopic (exact) mass is 377 g/mol. The van der Waals surface area contributed by atoms with Gasteiger partial charge in [0.2, 0.25) is 5.91 Å². The number of carbonyl (C=O) groups is 1. The van der Waals surface area contributed by atoms with E-state index in [1.807, 2.05) is 11.3 Å². The van der Waals surface area contributed by atoms with Gasteiger partial charge < -0.3 is 10.1 Å². The number of aromatic nitrogens is 2. The maximum absolute atomic E-state index is 12.2. The molecule has 0 aromatic carbocycles. The molecule has 0 radical (unpaired) electrons. The Bertz CT molecular complexity index is 756. The first-order valence-corrected chi connectivity index (χ1v) is 10.9. The zero-order valence-corrected chi connectivity index (χ0v) is 15.9. The molecule has 3 heterocycles. The minimum Gasteiger partial charge on any atom is -0.376 e. The first-order valence-electron chi connectivity index (χ1n) is 9.07. The lowest BCUT2D eigenvalue weighted by Crippen LogP contribution is -2.32. The number of nitrogens with zero attached hydrogens (tertiary/aromatic N) is 2. The Labute approximate surface area is 156 Å². The average molecular weight is 378 g/mol. The van der Waals surface area contributed by atoms with Crippen molar-refractivity contribution in [1.82, 2.24) is 15.3 Å². The molecule has 5 nitrogen and oxygen atoms in total. The first kappa shape index (κ1) is 17.2. The predicted molar refractivity (Wildman–Crippen MR) is 101 cm³/mol. The summed E-state index contributed by atoms with van der Waals surface area (Å²) in [7, 11) is 0. The van der Waals surface area contributed by atoms with E-state index in [1.54, 1.807) is 6.33 Å². The van der Waals surface area contributed by atoms with E-state index < -0.39 is 0 Å². The quantitative estimate of drug-likeness (QED) is 0.492. The van der Waals surface area contributed by atoms with Crippen molar-refractivity contribution in [2.75, 3.05) is 18.9 Å². The van der Waals surface area contributed by atoms with Gasteiger partial charge in [0, 0.05) is 23.4 Å². The summed E-state index contributed by atoms with van der Waals surface area (Å²) < 4.78 is 5.55. The third kappa shape index (κ3) is 3.99. The second-order valence-corrected chi connectivity index (χ2v) is 8.70. The summed E-state index contributed by atoms with van der Waals surface area (Å²) in [6, 6.07) is 0. The van der Waals surface area contributed by atoms with Crippen molar-refractivity contribution in [1.29, 1.82) is 0 Å². The van der Waals surface area contributed by atoms with Crippen LogP contribution in [0.15, 0.2) is 11.4 Å². The molecule has 0 unspecified atom stereocenters. The van der Waals surface area contributed by atoms with Crippen molar-refractivity contribution in [3.63, 3.8) is 0 Å². The molecule has 2 aliphatic rings. The molecule has 1 amide bonds. The second kappa shape index (κ2) is 8.01. The van der Waals surface area contributed by atoms with Crippen LogP contribution in [0.1, 0.15) is 42.5 Å². The van der Waals surface area contributed by atoms with Gasteiger partial charge in [0.1, 0.15) is 16.2 Å². The van der Waals surface area contributed by atoms with E-state index >= 15 is 0 Å². The Morgan fingerprint density at radius 1 is 1.28 bits per heavy atom. The largest absolute Gasteiger partial charge is 0.376 e. The van der Waals surface area contributed by atoms with Gasteiger partial charge in [-0.25, -0.2) is 9.97 Å². The fourth-order valence-corrected chi connectivity index (χ4v) is 5.71. The summed E-state index contributed by atoms with van der Waals surface area (Å²) in [6.45, 7) is 1.43. The van der Waals surface area contributed by atoms with Crippen molar-refractivity contribution < 1.29 is 9.53 Å². The molecule has 1 atom stereocenters. The number of rotatable bonds is 5. The molecule has 0 saturated carbocycles. The van der Waals surface area contributed by atoms with Gasteiger partial charge in [0.15, 0.2) is 0 Å². The van der Waals surface area contributed by atoms with Crippen LogP contribution in [0.25, 0.3) is 10.2 Å². The first-order chi connectivity index (χ1) is 12.3. The predicted octanol–water partition coefficient (Wildman–Crippen LogP) is 3.35. The second-order valence-electron chi connectivity index (χ2n) is 6.65. The number of aryl methyl sites for hydroxylation is 2. The van der Waals surface area contributed by atoms with Crippen molar-refractivity contribution in [2.45, 2.75) is 56.1 Å². The van der Waals surface area contributed by atoms with E-state index in [0.29, 0.717) is 12.3 Å². The van der Waals surface area contributed by atoms with Crippen LogP contribution < -0.4 is 5.32 Å². The topological polar surface area (TPSA) is 64.1 Å². The highest BCUT2D eigenvalue weighted by molar-refractivity contribution is 8.00. The zero-order chi connectivity index (χ0) is 17.1. The van der Waals surface area contributed by atoms with E-state index in [4.69, 9.17) is 4.74 Å². The van der Waals surface area contributed by atoms with Gasteiger partial charge >= 0.3 is 0 Å². The number of thiophene rings is 1. The van der Waals surface area contributed by atoms with Gasteiger partial charge in [-0.05, 0) is 44.1 Å². The highest BCUT2D eigenvalue weighted by Crippen LogP contribution is 2.38. The van der Waals surface area contributed by atoms with E-state index in [0.717, 1.165) is 42.1 Å². The molecule has 2 aromatic heterocycles. The molecule has 1 aliphatic carbocycles. The van der Waals surface area contributed by atoms with Crippen LogP contribution in [0.4, 0.5) is 0 Å². The number of ether oxygens (including phenoxy) is 1. The maximum atomic E-state index is 12.2. The average Bonchev–Trinajstić information content (AvgIpc) is 3.21. The van der Waals surface area contributed by atoms with E-state index in [1.165, 1.54) is 46.9 Å². The van der Waals surface area contributed by atoms with Crippen molar-refractivity contribution in [3.05, 3.63) is 16.8 Å². The molecule has 1 aliphatic heterocycles. The number of hydrogen-bond acceptors (Lipinski definition) is 6. The SMILES string of the molecule is O=C(CSc1ncnc2sc3c(c12)CCCCC3)NC[C@H]1CCCO1. The molecule has 134 valence electrons. The Kier molecular flexibility index (Phi) is 5.53. The zero-order valence-electron chi connectivity index (χ0n) is 14.3. The van der Waals surface area contributed by atoms with Crippen LogP contribution in [0.3, 0.4) is 0 Å². The lowest BCUT2D eigenvalue weighted by atomic mass is 10.1. The van der Waals surface area contributed by atoms with E-state index in [2.05, 4.69) is 15.3 Å². The smallest absolute Gasteiger partial charge is 0.230 e. The van der Waals surface area contributed by atoms with Crippen LogP contribution in [0.5, 0.6) is 0 Å². The number of fused-ring (bicyclic) bond motifs is 3. The molecule has 1 fully saturated rings. The van der Waals surface area contributed by atoms with Crippen LogP contribution in [-0.4, -0.2) is 40.9 Å². The number of hydrogen-bond donors (Lipinski definition) is 1. The summed E-state index contributed by atoms with van der Waals surface area (Å²) in [5.74, 6) is 0.442. The molecule has 0 bridgehead atoms. The Balaban J connectivity index is 1.44. The van der Waals surface area contributed by atoms with Crippen molar-refractivity contribution >= 4 is 39.2 Å². The third-order valence-corrected chi connectivity index (χ3v) is 7.05. The third-order valence-electron chi connectivity index (χ3n) is 4.86. The molecular formula is C18H23N3O2S2. The Morgan fingerprint density at radius 2 is 2.20 bits per heavy atom. The lowest BCUT2D eigenvalue weighted by molar-refractivity contribution is -0.119. The van der Waals surface area contributed by atoms with Gasteiger partial charge in [-0.2, -0.15) is 0 Å². The molecule has 4 rings (SSSR count). The fraction of sp³-hybridized carbons (Fsp3) is 0.611. The normalized spacial score (nSPS) is 20.4. The van der Waals surface area contributed by atoms with Gasteiger partial charge in [0.05, 0.1) is 11.9 Å². The highest BCUT2D eigenvalue weighted by Gasteiger charge is 2.20. The van der Waals surface area contributed by atoms with E-state index in [9.17, 15) is 4.79 Å². The molecule has 0 spiro atoms. The Morgan fingerprint density at radius 3 is 3.08 bits per heavy atom. The van der Waals surface area contributed by atoms with Crippen LogP contribution in [0.2, 0.25) is 0 Å². The number of carbonyl (C=O) groups excluding carboxylic acids is 1. The standard InChI is InChI=1S/C18H23N3O2S2/c22-15(19-9-12-5-4-8-23-12)10-24-17-16-13-6-2-1-3-7-14(13)25-18(16)21-11-20-17/h11-12H,1-10H2,(H,19,22)/t12-/m1/s1.